The molecule has 3 nitrogen and oxygen atoms in total. The number of hydrogen-bond acceptors (Lipinski definition) is 2. The third kappa shape index (κ3) is 2.82. The van der Waals surface area contributed by atoms with Gasteiger partial charge in [-0.15, -0.1) is 0 Å². The normalized spacial score (nSPS) is 10.2. The molecule has 104 valence electrons. The van der Waals surface area contributed by atoms with Crippen molar-refractivity contribution in [1.29, 1.82) is 0 Å². The third-order valence-electron chi connectivity index (χ3n) is 3.47. The van der Waals surface area contributed by atoms with Crippen LogP contribution in [0.5, 0.6) is 0 Å². The van der Waals surface area contributed by atoms with Crippen molar-refractivity contribution in [2.24, 2.45) is 0 Å². The van der Waals surface area contributed by atoms with Crippen molar-refractivity contribution in [1.82, 2.24) is 0 Å². The minimum atomic E-state index is -0.000365. The number of hydrogen-bond donors (Lipinski definition) is 1. The molecule has 0 spiro atoms. The summed E-state index contributed by atoms with van der Waals surface area (Å²) in [5.74, 6) is -0.000365. The summed E-state index contributed by atoms with van der Waals surface area (Å²) in [6.07, 6.45) is 0. The number of amides is 1. The standard InChI is InChI=1S/C17H20N2O/c1-12-5-8-15(9-6-12)19(4)17(20)14-7-10-16(18-3)13(2)11-14/h5-11,18H,1-4H3. The Kier molecular flexibility index (Phi) is 4.08. The lowest BCUT2D eigenvalue weighted by Gasteiger charge is -2.18. The van der Waals surface area contributed by atoms with Gasteiger partial charge >= 0.3 is 0 Å². The Morgan fingerprint density at radius 3 is 2.25 bits per heavy atom. The van der Waals surface area contributed by atoms with Crippen LogP contribution >= 0.6 is 0 Å². The number of rotatable bonds is 3. The van der Waals surface area contributed by atoms with Gasteiger partial charge < -0.3 is 10.2 Å². The van der Waals surface area contributed by atoms with E-state index >= 15 is 0 Å². The molecule has 0 aromatic heterocycles. The van der Waals surface area contributed by atoms with Crippen molar-refractivity contribution in [3.05, 3.63) is 59.2 Å². The first-order chi connectivity index (χ1) is 9.52. The number of nitrogens with zero attached hydrogens (tertiary/aromatic N) is 1. The molecule has 0 aliphatic rings. The molecule has 0 radical (unpaired) electrons. The van der Waals surface area contributed by atoms with Gasteiger partial charge in [-0.2, -0.15) is 0 Å². The Balaban J connectivity index is 2.26. The Bertz CT molecular complexity index is 617. The topological polar surface area (TPSA) is 32.3 Å². The smallest absolute Gasteiger partial charge is 0.258 e. The van der Waals surface area contributed by atoms with Gasteiger partial charge in [0.05, 0.1) is 0 Å². The third-order valence-corrected chi connectivity index (χ3v) is 3.47. The van der Waals surface area contributed by atoms with E-state index in [-0.39, 0.29) is 5.91 Å². The molecule has 0 saturated carbocycles. The summed E-state index contributed by atoms with van der Waals surface area (Å²) in [5, 5.41) is 3.10. The number of anilines is 2. The molecular formula is C17H20N2O. The lowest BCUT2D eigenvalue weighted by Crippen LogP contribution is -2.26. The van der Waals surface area contributed by atoms with Gasteiger partial charge in [-0.3, -0.25) is 4.79 Å². The van der Waals surface area contributed by atoms with Gasteiger partial charge in [-0.1, -0.05) is 17.7 Å². The molecule has 0 atom stereocenters. The summed E-state index contributed by atoms with van der Waals surface area (Å²) in [7, 11) is 3.68. The summed E-state index contributed by atoms with van der Waals surface area (Å²) in [6.45, 7) is 4.03. The highest BCUT2D eigenvalue weighted by atomic mass is 16.2. The van der Waals surface area contributed by atoms with Gasteiger partial charge in [0, 0.05) is 31.0 Å². The zero-order valence-corrected chi connectivity index (χ0v) is 12.4. The van der Waals surface area contributed by atoms with Gasteiger partial charge in [0.25, 0.3) is 5.91 Å². The lowest BCUT2D eigenvalue weighted by molar-refractivity contribution is 0.0993. The molecule has 2 aromatic rings. The van der Waals surface area contributed by atoms with Crippen LogP contribution in [0.1, 0.15) is 21.5 Å². The van der Waals surface area contributed by atoms with Gasteiger partial charge in [-0.25, -0.2) is 0 Å². The molecule has 1 amide bonds. The van der Waals surface area contributed by atoms with Crippen LogP contribution in [0.2, 0.25) is 0 Å². The predicted octanol–water partition coefficient (Wildman–Crippen LogP) is 3.62. The Morgan fingerprint density at radius 1 is 1.05 bits per heavy atom. The molecule has 20 heavy (non-hydrogen) atoms. The van der Waals surface area contributed by atoms with E-state index in [1.807, 2.05) is 63.4 Å². The first-order valence-corrected chi connectivity index (χ1v) is 6.66. The molecule has 0 fully saturated rings. The van der Waals surface area contributed by atoms with Gasteiger partial charge in [0.1, 0.15) is 0 Å². The fraction of sp³-hybridized carbons (Fsp3) is 0.235. The van der Waals surface area contributed by atoms with E-state index in [9.17, 15) is 4.79 Å². The molecule has 0 bridgehead atoms. The van der Waals surface area contributed by atoms with E-state index in [1.54, 1.807) is 11.9 Å². The second-order valence-electron chi connectivity index (χ2n) is 4.98. The SMILES string of the molecule is CNc1ccc(C(=O)N(C)c2ccc(C)cc2)cc1C. The van der Waals surface area contributed by atoms with Crippen LogP contribution in [-0.2, 0) is 0 Å². The Labute approximate surface area is 120 Å². The minimum absolute atomic E-state index is 0.000365. The summed E-state index contributed by atoms with van der Waals surface area (Å²) < 4.78 is 0. The van der Waals surface area contributed by atoms with E-state index in [4.69, 9.17) is 0 Å². The fourth-order valence-electron chi connectivity index (χ4n) is 2.16. The Morgan fingerprint density at radius 2 is 1.70 bits per heavy atom. The molecule has 0 aliphatic carbocycles. The molecule has 1 N–H and O–H groups in total. The number of aryl methyl sites for hydroxylation is 2. The maximum absolute atomic E-state index is 12.5. The monoisotopic (exact) mass is 268 g/mol. The summed E-state index contributed by atoms with van der Waals surface area (Å²) in [5.41, 5.74) is 4.89. The zero-order chi connectivity index (χ0) is 14.7. The van der Waals surface area contributed by atoms with Crippen molar-refractivity contribution in [2.75, 3.05) is 24.3 Å². The van der Waals surface area contributed by atoms with E-state index in [0.717, 1.165) is 16.9 Å². The van der Waals surface area contributed by atoms with Crippen molar-refractivity contribution < 1.29 is 4.79 Å². The first kappa shape index (κ1) is 14.1. The van der Waals surface area contributed by atoms with Crippen LogP contribution in [0.3, 0.4) is 0 Å². The molecule has 0 unspecified atom stereocenters. The van der Waals surface area contributed by atoms with Crippen LogP contribution in [-0.4, -0.2) is 20.0 Å². The number of carbonyl (C=O) groups excluding carboxylic acids is 1. The van der Waals surface area contributed by atoms with E-state index in [1.165, 1.54) is 5.56 Å². The Hall–Kier alpha value is -2.29. The molecule has 0 saturated heterocycles. The molecule has 2 aromatic carbocycles. The average Bonchev–Trinajstić information content (AvgIpc) is 2.46. The zero-order valence-electron chi connectivity index (χ0n) is 12.4. The first-order valence-electron chi connectivity index (χ1n) is 6.66. The van der Waals surface area contributed by atoms with Crippen molar-refractivity contribution in [3.8, 4) is 0 Å². The van der Waals surface area contributed by atoms with Crippen LogP contribution in [0.25, 0.3) is 0 Å². The van der Waals surface area contributed by atoms with Crippen LogP contribution in [0.15, 0.2) is 42.5 Å². The second kappa shape index (κ2) is 5.78. The predicted molar refractivity (Wildman–Crippen MR) is 84.6 cm³/mol. The van der Waals surface area contributed by atoms with Crippen LogP contribution in [0, 0.1) is 13.8 Å². The molecule has 0 heterocycles. The van der Waals surface area contributed by atoms with Gasteiger partial charge in [0.2, 0.25) is 0 Å². The number of carbonyl (C=O) groups is 1. The highest BCUT2D eigenvalue weighted by molar-refractivity contribution is 6.06. The fourth-order valence-corrected chi connectivity index (χ4v) is 2.16. The lowest BCUT2D eigenvalue weighted by atomic mass is 10.1. The highest BCUT2D eigenvalue weighted by Gasteiger charge is 2.14. The molecule has 3 heteroatoms. The van der Waals surface area contributed by atoms with E-state index in [2.05, 4.69) is 5.32 Å². The van der Waals surface area contributed by atoms with Crippen molar-refractivity contribution in [3.63, 3.8) is 0 Å². The molecule has 2 rings (SSSR count). The van der Waals surface area contributed by atoms with Gasteiger partial charge in [-0.05, 0) is 49.7 Å². The second-order valence-corrected chi connectivity index (χ2v) is 4.98. The number of benzene rings is 2. The molecule has 0 aliphatic heterocycles. The van der Waals surface area contributed by atoms with Crippen LogP contribution < -0.4 is 10.2 Å². The minimum Gasteiger partial charge on any atom is -0.388 e. The number of nitrogens with one attached hydrogen (secondary N) is 1. The van der Waals surface area contributed by atoms with Gasteiger partial charge in [0.15, 0.2) is 0 Å². The van der Waals surface area contributed by atoms with Crippen molar-refractivity contribution >= 4 is 17.3 Å². The summed E-state index contributed by atoms with van der Waals surface area (Å²) in [4.78, 5) is 14.2. The largest absolute Gasteiger partial charge is 0.388 e. The molecular weight excluding hydrogens is 248 g/mol. The summed E-state index contributed by atoms with van der Waals surface area (Å²) >= 11 is 0. The maximum Gasteiger partial charge on any atom is 0.258 e. The summed E-state index contributed by atoms with van der Waals surface area (Å²) in [6, 6.07) is 13.6. The van der Waals surface area contributed by atoms with E-state index in [0.29, 0.717) is 5.56 Å². The maximum atomic E-state index is 12.5. The highest BCUT2D eigenvalue weighted by Crippen LogP contribution is 2.20. The van der Waals surface area contributed by atoms with Crippen LogP contribution in [0.4, 0.5) is 11.4 Å². The van der Waals surface area contributed by atoms with Crippen molar-refractivity contribution in [2.45, 2.75) is 13.8 Å². The quantitative estimate of drug-likeness (QED) is 0.922. The average molecular weight is 268 g/mol. The van der Waals surface area contributed by atoms with E-state index < -0.39 is 0 Å².